The third kappa shape index (κ3) is 2.21. The molecule has 4 heteroatoms. The molecule has 0 saturated heterocycles. The van der Waals surface area contributed by atoms with Gasteiger partial charge in [-0.3, -0.25) is 4.79 Å². The van der Waals surface area contributed by atoms with Gasteiger partial charge in [-0.2, -0.15) is 6.20 Å². The number of aromatic nitrogens is 1. The first-order chi connectivity index (χ1) is 4.22. The van der Waals surface area contributed by atoms with Crippen molar-refractivity contribution in [1.82, 2.24) is 4.98 Å². The number of rotatable bonds is 0. The van der Waals surface area contributed by atoms with Gasteiger partial charge in [-0.15, -0.1) is 5.69 Å². The Hall–Kier alpha value is 0.386. The van der Waals surface area contributed by atoms with Crippen molar-refractivity contribution >= 4 is 0 Å². The summed E-state index contributed by atoms with van der Waals surface area (Å²) in [6.45, 7) is 1.58. The summed E-state index contributed by atoms with van der Waals surface area (Å²) in [7, 11) is 0. The van der Waals surface area contributed by atoms with E-state index in [2.05, 4.69) is 4.98 Å². The van der Waals surface area contributed by atoms with E-state index in [1.807, 2.05) is 0 Å². The van der Waals surface area contributed by atoms with Crippen molar-refractivity contribution in [3.63, 3.8) is 0 Å². The van der Waals surface area contributed by atoms with Crippen LogP contribution in [0, 0.1) is 6.92 Å². The number of pyridine rings is 1. The van der Waals surface area contributed by atoms with Gasteiger partial charge < -0.3 is 10.1 Å². The van der Waals surface area contributed by atoms with Crippen molar-refractivity contribution < 1.29 is 56.5 Å². The first-order valence-electron chi connectivity index (χ1n) is 2.53. The number of nitrogens with zero attached hydrogens (tertiary/aromatic N) is 1. The van der Waals surface area contributed by atoms with E-state index in [1.54, 1.807) is 6.92 Å². The molecule has 0 fully saturated rings. The molecule has 1 heterocycles. The van der Waals surface area contributed by atoms with Crippen molar-refractivity contribution in [2.45, 2.75) is 6.92 Å². The topological polar surface area (TPSA) is 51.4 Å². The van der Waals surface area contributed by atoms with Crippen molar-refractivity contribution in [2.75, 3.05) is 0 Å². The van der Waals surface area contributed by atoms with Gasteiger partial charge in [0, 0.05) is 0 Å². The quantitative estimate of drug-likeness (QED) is 0.415. The van der Waals surface area contributed by atoms with Crippen LogP contribution in [0.3, 0.4) is 0 Å². The maximum atomic E-state index is 10.5. The van der Waals surface area contributed by atoms with Gasteiger partial charge in [0.15, 0.2) is 0 Å². The molecule has 0 aliphatic heterocycles. The SMILES string of the molecule is Cc1[n-]ccc(=O)c1O.[K+]. The number of aryl methyl sites for hydroxylation is 1. The van der Waals surface area contributed by atoms with Gasteiger partial charge in [0.05, 0.1) is 0 Å². The van der Waals surface area contributed by atoms with Gasteiger partial charge in [0.1, 0.15) is 5.75 Å². The van der Waals surface area contributed by atoms with Crippen LogP contribution in [0.4, 0.5) is 0 Å². The van der Waals surface area contributed by atoms with E-state index >= 15 is 0 Å². The zero-order valence-electron chi connectivity index (χ0n) is 5.96. The van der Waals surface area contributed by atoms with Gasteiger partial charge in [-0.1, -0.05) is 6.92 Å². The van der Waals surface area contributed by atoms with Crippen LogP contribution in [0.1, 0.15) is 5.69 Å². The van der Waals surface area contributed by atoms with Crippen molar-refractivity contribution in [2.24, 2.45) is 0 Å². The number of hydrogen-bond acceptors (Lipinski definition) is 2. The van der Waals surface area contributed by atoms with E-state index in [0.717, 1.165) is 0 Å². The molecule has 48 valence electrons. The summed E-state index contributed by atoms with van der Waals surface area (Å²) in [6, 6.07) is 1.22. The van der Waals surface area contributed by atoms with E-state index < -0.39 is 0 Å². The Morgan fingerprint density at radius 2 is 2.20 bits per heavy atom. The zero-order chi connectivity index (χ0) is 6.85. The van der Waals surface area contributed by atoms with Crippen molar-refractivity contribution in [3.8, 4) is 5.75 Å². The Labute approximate surface area is 101 Å². The molecule has 10 heavy (non-hydrogen) atoms. The molecule has 3 nitrogen and oxygen atoms in total. The molecular weight excluding hydrogens is 157 g/mol. The van der Waals surface area contributed by atoms with Crippen LogP contribution < -0.4 is 61.8 Å². The fourth-order valence-electron chi connectivity index (χ4n) is 0.535. The molecular formula is C6H6KNO2. The predicted octanol–water partition coefficient (Wildman–Crippen LogP) is -2.98. The van der Waals surface area contributed by atoms with Crippen LogP contribution in [0.25, 0.3) is 0 Å². The van der Waals surface area contributed by atoms with Crippen LogP contribution in [0.5, 0.6) is 5.75 Å². The summed E-state index contributed by atoms with van der Waals surface area (Å²) in [4.78, 5) is 14.2. The summed E-state index contributed by atoms with van der Waals surface area (Å²) in [5.74, 6) is -0.252. The fourth-order valence-corrected chi connectivity index (χ4v) is 0.535. The molecule has 0 bridgehead atoms. The molecule has 0 spiro atoms. The first-order valence-corrected chi connectivity index (χ1v) is 2.53. The maximum absolute atomic E-state index is 10.5. The minimum Gasteiger partial charge on any atom is -0.665 e. The van der Waals surface area contributed by atoms with Gasteiger partial charge in [0.2, 0.25) is 5.43 Å². The molecule has 0 saturated carbocycles. The Kier molecular flexibility index (Phi) is 4.47. The summed E-state index contributed by atoms with van der Waals surface area (Å²) in [6.07, 6.45) is 1.37. The second-order valence-corrected chi connectivity index (χ2v) is 1.74. The van der Waals surface area contributed by atoms with Gasteiger partial charge in [-0.25, -0.2) is 0 Å². The Morgan fingerprint density at radius 1 is 1.60 bits per heavy atom. The van der Waals surface area contributed by atoms with Gasteiger partial charge in [-0.05, 0) is 6.07 Å². The van der Waals surface area contributed by atoms with E-state index in [4.69, 9.17) is 5.11 Å². The van der Waals surface area contributed by atoms with Crippen molar-refractivity contribution in [1.29, 1.82) is 0 Å². The fraction of sp³-hybridized carbons (Fsp3) is 0.167. The zero-order valence-corrected chi connectivity index (χ0v) is 9.08. The smallest absolute Gasteiger partial charge is 0.665 e. The molecule has 0 amide bonds. The van der Waals surface area contributed by atoms with E-state index in [0.29, 0.717) is 5.69 Å². The minimum absolute atomic E-state index is 0. The summed E-state index contributed by atoms with van der Waals surface area (Å²) in [5.41, 5.74) is 0.00463. The molecule has 0 radical (unpaired) electrons. The molecule has 1 aromatic heterocycles. The molecule has 1 N–H and O–H groups in total. The van der Waals surface area contributed by atoms with Crippen LogP contribution in [0.2, 0.25) is 0 Å². The normalized spacial score (nSPS) is 8.50. The third-order valence-corrected chi connectivity index (χ3v) is 1.07. The molecule has 1 rings (SSSR count). The minimum atomic E-state index is -0.373. The molecule has 0 aromatic carbocycles. The monoisotopic (exact) mass is 163 g/mol. The summed E-state index contributed by atoms with van der Waals surface area (Å²) in [5, 5.41) is 8.83. The largest absolute Gasteiger partial charge is 1.00 e. The molecule has 0 atom stereocenters. The van der Waals surface area contributed by atoms with Gasteiger partial charge >= 0.3 is 51.4 Å². The third-order valence-electron chi connectivity index (χ3n) is 1.07. The van der Waals surface area contributed by atoms with Crippen LogP contribution in [-0.2, 0) is 0 Å². The van der Waals surface area contributed by atoms with Crippen LogP contribution in [-0.4, -0.2) is 5.11 Å². The Balaban J connectivity index is 0.000000810. The molecule has 0 aliphatic carbocycles. The first kappa shape index (κ1) is 10.4. The summed E-state index contributed by atoms with van der Waals surface area (Å²) < 4.78 is 0. The average molecular weight is 163 g/mol. The number of aromatic hydroxyl groups is 1. The standard InChI is InChI=1S/C6H7NO2.K/c1-4-6(9)5(8)2-3-7-4;/h2-3H,1H3,(H2,7,8,9);/q;+1/p-1. The second-order valence-electron chi connectivity index (χ2n) is 1.74. The van der Waals surface area contributed by atoms with Gasteiger partial charge in [0.25, 0.3) is 0 Å². The van der Waals surface area contributed by atoms with Crippen molar-refractivity contribution in [3.05, 3.63) is 28.2 Å². The molecule has 1 aromatic rings. The molecule has 0 aliphatic rings. The van der Waals surface area contributed by atoms with E-state index in [1.165, 1.54) is 12.3 Å². The average Bonchev–Trinajstić information content (AvgIpc) is 1.83. The van der Waals surface area contributed by atoms with E-state index in [-0.39, 0.29) is 62.6 Å². The molecule has 0 unspecified atom stereocenters. The summed E-state index contributed by atoms with van der Waals surface area (Å²) >= 11 is 0. The second kappa shape index (κ2) is 4.30. The number of hydrogen-bond donors (Lipinski definition) is 1. The Morgan fingerprint density at radius 3 is 2.60 bits per heavy atom. The Bertz CT molecular complexity index is 269. The maximum Gasteiger partial charge on any atom is 1.00 e. The van der Waals surface area contributed by atoms with Crippen LogP contribution >= 0.6 is 0 Å². The van der Waals surface area contributed by atoms with Crippen LogP contribution in [0.15, 0.2) is 17.1 Å². The van der Waals surface area contributed by atoms with E-state index in [9.17, 15) is 4.79 Å². The predicted molar refractivity (Wildman–Crippen MR) is 32.4 cm³/mol.